The highest BCUT2D eigenvalue weighted by Crippen LogP contribution is 2.40. The first kappa shape index (κ1) is 17.8. The van der Waals surface area contributed by atoms with Gasteiger partial charge in [0.1, 0.15) is 10.6 Å². The summed E-state index contributed by atoms with van der Waals surface area (Å²) in [5, 5.41) is 4.31. The fourth-order valence-electron chi connectivity index (χ4n) is 3.52. The zero-order valence-electron chi connectivity index (χ0n) is 15.3. The van der Waals surface area contributed by atoms with E-state index in [2.05, 4.69) is 12.2 Å². The standard InChI is InChI=1S/C21H21NO4S/c1-3-25-21(24)18-14-9-8-12(2)10-17(14)27-20(18)22-19(23)16-11-13-6-4-5-7-15(13)26-16/h4-7,11-12H,3,8-10H2,1-2H3,(H,22,23)/t12-/m0/s1. The number of furan rings is 1. The maximum absolute atomic E-state index is 12.7. The van der Waals surface area contributed by atoms with Crippen molar-refractivity contribution in [1.82, 2.24) is 0 Å². The Labute approximate surface area is 161 Å². The smallest absolute Gasteiger partial charge is 0.341 e. The Morgan fingerprint density at radius 3 is 2.93 bits per heavy atom. The Morgan fingerprint density at radius 1 is 1.33 bits per heavy atom. The summed E-state index contributed by atoms with van der Waals surface area (Å²) < 4.78 is 10.9. The van der Waals surface area contributed by atoms with Crippen LogP contribution in [0.1, 0.15) is 51.6 Å². The molecule has 4 rings (SSSR count). The number of nitrogens with one attached hydrogen (secondary N) is 1. The minimum Gasteiger partial charge on any atom is -0.462 e. The molecule has 1 atom stereocenters. The van der Waals surface area contributed by atoms with Gasteiger partial charge in [0.15, 0.2) is 5.76 Å². The van der Waals surface area contributed by atoms with Crippen LogP contribution in [0.15, 0.2) is 34.7 Å². The van der Waals surface area contributed by atoms with Gasteiger partial charge in [-0.25, -0.2) is 4.79 Å². The molecule has 0 radical (unpaired) electrons. The normalized spacial score (nSPS) is 16.1. The van der Waals surface area contributed by atoms with Crippen LogP contribution in [0.5, 0.6) is 0 Å². The lowest BCUT2D eigenvalue weighted by molar-refractivity contribution is 0.0526. The maximum Gasteiger partial charge on any atom is 0.341 e. The highest BCUT2D eigenvalue weighted by molar-refractivity contribution is 7.17. The van der Waals surface area contributed by atoms with Crippen LogP contribution in [0.25, 0.3) is 11.0 Å². The molecule has 1 aromatic carbocycles. The Kier molecular flexibility index (Phi) is 4.74. The topological polar surface area (TPSA) is 68.5 Å². The number of esters is 1. The lowest BCUT2D eigenvalue weighted by Crippen LogP contribution is -2.16. The van der Waals surface area contributed by atoms with Crippen molar-refractivity contribution in [2.75, 3.05) is 11.9 Å². The van der Waals surface area contributed by atoms with Gasteiger partial charge >= 0.3 is 5.97 Å². The molecule has 0 aliphatic heterocycles. The molecule has 1 aliphatic rings. The molecule has 27 heavy (non-hydrogen) atoms. The van der Waals surface area contributed by atoms with E-state index in [1.807, 2.05) is 24.3 Å². The van der Waals surface area contributed by atoms with Crippen molar-refractivity contribution in [3.8, 4) is 0 Å². The summed E-state index contributed by atoms with van der Waals surface area (Å²) in [6, 6.07) is 9.18. The first-order valence-corrected chi connectivity index (χ1v) is 10.00. The minimum atomic E-state index is -0.371. The molecule has 0 spiro atoms. The zero-order chi connectivity index (χ0) is 19.0. The summed E-state index contributed by atoms with van der Waals surface area (Å²) >= 11 is 1.48. The molecule has 2 heterocycles. The first-order valence-electron chi connectivity index (χ1n) is 9.18. The molecular formula is C21H21NO4S. The summed E-state index contributed by atoms with van der Waals surface area (Å²) in [4.78, 5) is 26.5. The van der Waals surface area contributed by atoms with Gasteiger partial charge in [-0.3, -0.25) is 4.79 Å². The summed E-state index contributed by atoms with van der Waals surface area (Å²) in [5.74, 6) is 0.0729. The molecule has 140 valence electrons. The fourth-order valence-corrected chi connectivity index (χ4v) is 4.91. The molecule has 1 N–H and O–H groups in total. The van der Waals surface area contributed by atoms with Gasteiger partial charge < -0.3 is 14.5 Å². The second kappa shape index (κ2) is 7.19. The number of fused-ring (bicyclic) bond motifs is 2. The average Bonchev–Trinajstić information content (AvgIpc) is 3.22. The Bertz CT molecular complexity index is 984. The number of ether oxygens (including phenoxy) is 1. The van der Waals surface area contributed by atoms with Crippen LogP contribution in [0.2, 0.25) is 0 Å². The van der Waals surface area contributed by atoms with E-state index in [1.54, 1.807) is 13.0 Å². The number of rotatable bonds is 4. The van der Waals surface area contributed by atoms with Crippen molar-refractivity contribution in [1.29, 1.82) is 0 Å². The van der Waals surface area contributed by atoms with E-state index in [0.29, 0.717) is 28.7 Å². The van der Waals surface area contributed by atoms with Crippen LogP contribution < -0.4 is 5.32 Å². The van der Waals surface area contributed by atoms with E-state index in [1.165, 1.54) is 11.3 Å². The monoisotopic (exact) mass is 383 g/mol. The van der Waals surface area contributed by atoms with E-state index in [9.17, 15) is 9.59 Å². The Balaban J connectivity index is 1.68. The summed E-state index contributed by atoms with van der Waals surface area (Å²) in [7, 11) is 0. The fraction of sp³-hybridized carbons (Fsp3) is 0.333. The SMILES string of the molecule is CCOC(=O)c1c(NC(=O)c2cc3ccccc3o2)sc2c1CC[C@H](C)C2. The van der Waals surface area contributed by atoms with Crippen LogP contribution in [0.3, 0.4) is 0 Å². The van der Waals surface area contributed by atoms with Gasteiger partial charge in [-0.1, -0.05) is 25.1 Å². The van der Waals surface area contributed by atoms with E-state index in [0.717, 1.165) is 35.1 Å². The Morgan fingerprint density at radius 2 is 2.15 bits per heavy atom. The third-order valence-electron chi connectivity index (χ3n) is 4.87. The van der Waals surface area contributed by atoms with Crippen molar-refractivity contribution in [3.63, 3.8) is 0 Å². The highest BCUT2D eigenvalue weighted by Gasteiger charge is 2.29. The van der Waals surface area contributed by atoms with Crippen LogP contribution in [-0.2, 0) is 17.6 Å². The van der Waals surface area contributed by atoms with Crippen LogP contribution in [-0.4, -0.2) is 18.5 Å². The Hall–Kier alpha value is -2.60. The van der Waals surface area contributed by atoms with Crippen molar-refractivity contribution in [2.24, 2.45) is 5.92 Å². The van der Waals surface area contributed by atoms with E-state index >= 15 is 0 Å². The molecule has 0 fully saturated rings. The first-order chi connectivity index (χ1) is 13.1. The number of hydrogen-bond donors (Lipinski definition) is 1. The predicted octanol–water partition coefficient (Wildman–Crippen LogP) is 5.05. The molecule has 6 heteroatoms. The highest BCUT2D eigenvalue weighted by atomic mass is 32.1. The van der Waals surface area contributed by atoms with Gasteiger partial charge in [0.25, 0.3) is 5.91 Å². The quantitative estimate of drug-likeness (QED) is 0.640. The largest absolute Gasteiger partial charge is 0.462 e. The minimum absolute atomic E-state index is 0.228. The number of benzene rings is 1. The van der Waals surface area contributed by atoms with Crippen molar-refractivity contribution in [2.45, 2.75) is 33.1 Å². The van der Waals surface area contributed by atoms with Gasteiger partial charge in [-0.05, 0) is 49.8 Å². The van der Waals surface area contributed by atoms with Crippen molar-refractivity contribution < 1.29 is 18.7 Å². The van der Waals surface area contributed by atoms with Gasteiger partial charge in [0.05, 0.1) is 12.2 Å². The molecular weight excluding hydrogens is 362 g/mol. The molecule has 0 saturated carbocycles. The van der Waals surface area contributed by atoms with E-state index < -0.39 is 0 Å². The number of carbonyl (C=O) groups is 2. The maximum atomic E-state index is 12.7. The molecule has 1 amide bonds. The lowest BCUT2D eigenvalue weighted by Gasteiger charge is -2.18. The van der Waals surface area contributed by atoms with Gasteiger partial charge in [-0.15, -0.1) is 11.3 Å². The van der Waals surface area contributed by atoms with Gasteiger partial charge in [-0.2, -0.15) is 0 Å². The molecule has 3 aromatic rings. The number of carbonyl (C=O) groups excluding carboxylic acids is 2. The van der Waals surface area contributed by atoms with E-state index in [4.69, 9.17) is 9.15 Å². The average molecular weight is 383 g/mol. The van der Waals surface area contributed by atoms with Crippen LogP contribution >= 0.6 is 11.3 Å². The molecule has 5 nitrogen and oxygen atoms in total. The van der Waals surface area contributed by atoms with Gasteiger partial charge in [0.2, 0.25) is 0 Å². The lowest BCUT2D eigenvalue weighted by atomic mass is 9.88. The van der Waals surface area contributed by atoms with Crippen LogP contribution in [0.4, 0.5) is 5.00 Å². The molecule has 2 aromatic heterocycles. The summed E-state index contributed by atoms with van der Waals surface area (Å²) in [5.41, 5.74) is 2.19. The summed E-state index contributed by atoms with van der Waals surface area (Å²) in [6.45, 7) is 4.29. The number of para-hydroxylation sites is 1. The second-order valence-electron chi connectivity index (χ2n) is 6.88. The van der Waals surface area contributed by atoms with Gasteiger partial charge in [0, 0.05) is 10.3 Å². The van der Waals surface area contributed by atoms with Crippen molar-refractivity contribution in [3.05, 3.63) is 52.1 Å². The molecule has 0 unspecified atom stereocenters. The molecule has 1 aliphatic carbocycles. The number of hydrogen-bond acceptors (Lipinski definition) is 5. The number of anilines is 1. The molecule has 0 saturated heterocycles. The zero-order valence-corrected chi connectivity index (χ0v) is 16.2. The number of thiophene rings is 1. The number of amides is 1. The third kappa shape index (κ3) is 3.37. The molecule has 0 bridgehead atoms. The second-order valence-corrected chi connectivity index (χ2v) is 7.98. The van der Waals surface area contributed by atoms with E-state index in [-0.39, 0.29) is 17.6 Å². The van der Waals surface area contributed by atoms with Crippen LogP contribution in [0, 0.1) is 5.92 Å². The van der Waals surface area contributed by atoms with Crippen molar-refractivity contribution >= 4 is 39.2 Å². The summed E-state index contributed by atoms with van der Waals surface area (Å²) in [6.07, 6.45) is 2.79. The third-order valence-corrected chi connectivity index (χ3v) is 6.04. The predicted molar refractivity (Wildman–Crippen MR) is 106 cm³/mol.